The van der Waals surface area contributed by atoms with Crippen molar-refractivity contribution in [2.24, 2.45) is 0 Å². The predicted molar refractivity (Wildman–Crippen MR) is 119 cm³/mol. The summed E-state index contributed by atoms with van der Waals surface area (Å²) in [5.41, 5.74) is 3.01. The van der Waals surface area contributed by atoms with Crippen molar-refractivity contribution >= 4 is 28.3 Å². The third-order valence-corrected chi connectivity index (χ3v) is 6.68. The van der Waals surface area contributed by atoms with E-state index in [0.29, 0.717) is 33.2 Å². The van der Waals surface area contributed by atoms with Crippen LogP contribution in [0.2, 0.25) is 0 Å². The van der Waals surface area contributed by atoms with Gasteiger partial charge < -0.3 is 0 Å². The van der Waals surface area contributed by atoms with E-state index in [-0.39, 0.29) is 17.2 Å². The Bertz CT molecular complexity index is 1370. The molecule has 3 aromatic heterocycles. The second kappa shape index (κ2) is 7.72. The lowest BCUT2D eigenvalue weighted by molar-refractivity contribution is 0.457. The number of thioether (sulfide) groups is 1. The lowest BCUT2D eigenvalue weighted by atomic mass is 10.2. The highest BCUT2D eigenvalue weighted by atomic mass is 32.2. The van der Waals surface area contributed by atoms with E-state index in [1.165, 1.54) is 11.8 Å². The fourth-order valence-electron chi connectivity index (χ4n) is 4.18. The Morgan fingerprint density at radius 2 is 1.87 bits per heavy atom. The lowest BCUT2D eigenvalue weighted by Gasteiger charge is -2.18. The number of hydrogen-bond acceptors (Lipinski definition) is 5. The first-order valence-corrected chi connectivity index (χ1v) is 11.2. The van der Waals surface area contributed by atoms with Gasteiger partial charge >= 0.3 is 0 Å². The second-order valence-electron chi connectivity index (χ2n) is 7.83. The Morgan fingerprint density at radius 1 is 1.07 bits per heavy atom. The van der Waals surface area contributed by atoms with Gasteiger partial charge in [-0.2, -0.15) is 0 Å². The highest BCUT2D eigenvalue weighted by Gasteiger charge is 2.23. The first-order valence-electron chi connectivity index (χ1n) is 10.2. The molecule has 0 amide bonds. The fourth-order valence-corrected chi connectivity index (χ4v) is 5.14. The maximum atomic E-state index is 13.3. The van der Waals surface area contributed by atoms with Crippen LogP contribution in [-0.4, -0.2) is 18.9 Å². The molecule has 6 nitrogen and oxygen atoms in total. The van der Waals surface area contributed by atoms with E-state index in [1.807, 2.05) is 47.9 Å². The molecule has 0 bridgehead atoms. The number of hydrogen-bond donors (Lipinski definition) is 0. The van der Waals surface area contributed by atoms with E-state index in [0.717, 1.165) is 31.2 Å². The van der Waals surface area contributed by atoms with Crippen LogP contribution in [0.4, 0.5) is 0 Å². The minimum Gasteiger partial charge on any atom is -0.284 e. The number of pyridine rings is 1. The number of para-hydroxylation sites is 1. The number of benzene rings is 1. The highest BCUT2D eigenvalue weighted by Crippen LogP contribution is 2.32. The largest absolute Gasteiger partial charge is 0.284 e. The van der Waals surface area contributed by atoms with Crippen molar-refractivity contribution in [3.05, 3.63) is 80.6 Å². The van der Waals surface area contributed by atoms with Gasteiger partial charge in [0.1, 0.15) is 5.65 Å². The minimum atomic E-state index is -0.102. The Hall–Kier alpha value is -2.93. The normalized spacial score (nSPS) is 14.7. The molecule has 0 radical (unpaired) electrons. The summed E-state index contributed by atoms with van der Waals surface area (Å²) >= 11 is 1.48. The van der Waals surface area contributed by atoms with Crippen molar-refractivity contribution in [1.82, 2.24) is 18.9 Å². The number of aromatic nitrogens is 4. The standard InChI is InChI=1S/C23H22N4O2S/c1-15-10-11-26-20(12-15)24-16(13-21(26)28)14-30-23-25-19-9-5-4-8-18(19)22(29)27(23)17-6-2-3-7-17/h4-5,8-13,17H,2-3,6-7,14H2,1H3. The zero-order valence-corrected chi connectivity index (χ0v) is 17.6. The van der Waals surface area contributed by atoms with Crippen molar-refractivity contribution in [3.63, 3.8) is 0 Å². The van der Waals surface area contributed by atoms with Gasteiger partial charge in [-0.15, -0.1) is 0 Å². The van der Waals surface area contributed by atoms with Crippen molar-refractivity contribution in [1.29, 1.82) is 0 Å². The molecular weight excluding hydrogens is 396 g/mol. The predicted octanol–water partition coefficient (Wildman–Crippen LogP) is 4.12. The van der Waals surface area contributed by atoms with Gasteiger partial charge in [-0.3, -0.25) is 18.6 Å². The second-order valence-corrected chi connectivity index (χ2v) is 8.77. The summed E-state index contributed by atoms with van der Waals surface area (Å²) in [5, 5.41) is 1.36. The summed E-state index contributed by atoms with van der Waals surface area (Å²) in [6, 6.07) is 13.1. The molecule has 1 aliphatic carbocycles. The van der Waals surface area contributed by atoms with E-state index in [4.69, 9.17) is 4.98 Å². The van der Waals surface area contributed by atoms with Crippen LogP contribution >= 0.6 is 11.8 Å². The maximum absolute atomic E-state index is 13.3. The van der Waals surface area contributed by atoms with Crippen LogP contribution < -0.4 is 11.1 Å². The Kier molecular flexibility index (Phi) is 4.90. The van der Waals surface area contributed by atoms with Crippen molar-refractivity contribution < 1.29 is 0 Å². The van der Waals surface area contributed by atoms with E-state index in [9.17, 15) is 9.59 Å². The summed E-state index contributed by atoms with van der Waals surface area (Å²) in [4.78, 5) is 35.2. The molecular formula is C23H22N4O2S. The van der Waals surface area contributed by atoms with Crippen LogP contribution in [0.5, 0.6) is 0 Å². The number of aryl methyl sites for hydroxylation is 1. The SMILES string of the molecule is Cc1ccn2c(=O)cc(CSc3nc4ccccc4c(=O)n3C3CCCC3)nc2c1. The minimum absolute atomic E-state index is 0.0252. The molecule has 1 saturated carbocycles. The molecule has 0 saturated heterocycles. The molecule has 3 heterocycles. The van der Waals surface area contributed by atoms with Gasteiger partial charge in [0.05, 0.1) is 16.6 Å². The van der Waals surface area contributed by atoms with Crippen molar-refractivity contribution in [2.45, 2.75) is 49.6 Å². The molecule has 5 rings (SSSR count). The van der Waals surface area contributed by atoms with E-state index >= 15 is 0 Å². The first-order chi connectivity index (χ1) is 14.6. The van der Waals surface area contributed by atoms with Crippen LogP contribution in [0.25, 0.3) is 16.6 Å². The van der Waals surface area contributed by atoms with Crippen molar-refractivity contribution in [2.75, 3.05) is 0 Å². The molecule has 0 spiro atoms. The third-order valence-electron chi connectivity index (χ3n) is 5.69. The highest BCUT2D eigenvalue weighted by molar-refractivity contribution is 7.98. The van der Waals surface area contributed by atoms with Gasteiger partial charge in [0.15, 0.2) is 5.16 Å². The van der Waals surface area contributed by atoms with Crippen LogP contribution in [-0.2, 0) is 5.75 Å². The van der Waals surface area contributed by atoms with Gasteiger partial charge in [0.2, 0.25) is 0 Å². The molecule has 0 unspecified atom stereocenters. The molecule has 1 aliphatic rings. The van der Waals surface area contributed by atoms with E-state index in [2.05, 4.69) is 4.98 Å². The molecule has 0 aliphatic heterocycles. The molecule has 7 heteroatoms. The van der Waals surface area contributed by atoms with Gasteiger partial charge in [-0.25, -0.2) is 9.97 Å². The summed E-state index contributed by atoms with van der Waals surface area (Å²) in [6.07, 6.45) is 6.02. The first kappa shape index (κ1) is 19.1. The zero-order valence-electron chi connectivity index (χ0n) is 16.7. The number of rotatable bonds is 4. The lowest BCUT2D eigenvalue weighted by Crippen LogP contribution is -2.26. The number of nitrogens with zero attached hydrogens (tertiary/aromatic N) is 4. The van der Waals surface area contributed by atoms with Crippen LogP contribution in [0.1, 0.15) is 43.0 Å². The summed E-state index contributed by atoms with van der Waals surface area (Å²) in [5.74, 6) is 0.483. The van der Waals surface area contributed by atoms with Gasteiger partial charge in [0.25, 0.3) is 11.1 Å². The van der Waals surface area contributed by atoms with Crippen LogP contribution in [0.3, 0.4) is 0 Å². The van der Waals surface area contributed by atoms with E-state index < -0.39 is 0 Å². The summed E-state index contributed by atoms with van der Waals surface area (Å²) in [7, 11) is 0. The molecule has 1 fully saturated rings. The molecule has 4 aromatic rings. The average Bonchev–Trinajstić information content (AvgIpc) is 3.26. The van der Waals surface area contributed by atoms with Crippen LogP contribution in [0.15, 0.2) is 63.4 Å². The molecule has 152 valence electrons. The van der Waals surface area contributed by atoms with Gasteiger partial charge in [-0.05, 0) is 49.6 Å². The Labute approximate surface area is 177 Å². The summed E-state index contributed by atoms with van der Waals surface area (Å²) in [6.45, 7) is 1.98. The average molecular weight is 419 g/mol. The van der Waals surface area contributed by atoms with Gasteiger partial charge in [0, 0.05) is 24.1 Å². The Balaban J connectivity index is 1.55. The summed E-state index contributed by atoms with van der Waals surface area (Å²) < 4.78 is 3.42. The third kappa shape index (κ3) is 3.43. The number of fused-ring (bicyclic) bond motifs is 2. The quantitative estimate of drug-likeness (QED) is 0.368. The van der Waals surface area contributed by atoms with Crippen molar-refractivity contribution in [3.8, 4) is 0 Å². The molecule has 0 atom stereocenters. The topological polar surface area (TPSA) is 69.3 Å². The monoisotopic (exact) mass is 418 g/mol. The smallest absolute Gasteiger partial charge is 0.262 e. The molecule has 0 N–H and O–H groups in total. The van der Waals surface area contributed by atoms with E-state index in [1.54, 1.807) is 16.7 Å². The van der Waals surface area contributed by atoms with Gasteiger partial charge in [-0.1, -0.05) is 36.7 Å². The molecule has 30 heavy (non-hydrogen) atoms. The Morgan fingerprint density at radius 3 is 2.70 bits per heavy atom. The maximum Gasteiger partial charge on any atom is 0.262 e. The zero-order chi connectivity index (χ0) is 20.7. The fraction of sp³-hybridized carbons (Fsp3) is 0.304. The molecule has 1 aromatic carbocycles. The van der Waals surface area contributed by atoms with Crippen LogP contribution in [0, 0.1) is 6.92 Å².